The van der Waals surface area contributed by atoms with Crippen molar-refractivity contribution in [1.82, 2.24) is 0 Å². The SMILES string of the molecule is Cc1cc(C(=O)CC2CCCC2)sc1C. The van der Waals surface area contributed by atoms with Gasteiger partial charge in [-0.15, -0.1) is 11.3 Å². The van der Waals surface area contributed by atoms with E-state index >= 15 is 0 Å². The van der Waals surface area contributed by atoms with E-state index in [9.17, 15) is 4.79 Å². The molecule has 0 unspecified atom stereocenters. The van der Waals surface area contributed by atoms with Crippen molar-refractivity contribution >= 4 is 17.1 Å². The molecule has 1 nitrogen and oxygen atoms in total. The lowest BCUT2D eigenvalue weighted by atomic mass is 10.0. The third-order valence-corrected chi connectivity index (χ3v) is 4.58. The Hall–Kier alpha value is -0.630. The first-order valence-corrected chi connectivity index (χ1v) is 6.58. The minimum Gasteiger partial charge on any atom is -0.293 e. The van der Waals surface area contributed by atoms with Crippen LogP contribution in [-0.2, 0) is 0 Å². The fourth-order valence-electron chi connectivity index (χ4n) is 2.29. The van der Waals surface area contributed by atoms with Gasteiger partial charge in [-0.25, -0.2) is 0 Å². The van der Waals surface area contributed by atoms with Gasteiger partial charge in [0.05, 0.1) is 4.88 Å². The van der Waals surface area contributed by atoms with Gasteiger partial charge in [-0.05, 0) is 31.4 Å². The van der Waals surface area contributed by atoms with E-state index in [4.69, 9.17) is 0 Å². The summed E-state index contributed by atoms with van der Waals surface area (Å²) in [7, 11) is 0. The monoisotopic (exact) mass is 222 g/mol. The van der Waals surface area contributed by atoms with Gasteiger partial charge >= 0.3 is 0 Å². The highest BCUT2D eigenvalue weighted by Gasteiger charge is 2.20. The van der Waals surface area contributed by atoms with E-state index in [1.54, 1.807) is 11.3 Å². The van der Waals surface area contributed by atoms with Crippen molar-refractivity contribution < 1.29 is 4.79 Å². The first-order valence-electron chi connectivity index (χ1n) is 5.77. The zero-order valence-corrected chi connectivity index (χ0v) is 10.3. The van der Waals surface area contributed by atoms with Gasteiger partial charge in [0.1, 0.15) is 0 Å². The highest BCUT2D eigenvalue weighted by molar-refractivity contribution is 7.14. The molecule has 0 radical (unpaired) electrons. The summed E-state index contributed by atoms with van der Waals surface area (Å²) in [5.74, 6) is 1.03. The summed E-state index contributed by atoms with van der Waals surface area (Å²) in [6, 6.07) is 2.05. The lowest BCUT2D eigenvalue weighted by Gasteiger charge is -2.05. The summed E-state index contributed by atoms with van der Waals surface area (Å²) in [6.45, 7) is 4.17. The van der Waals surface area contributed by atoms with Crippen LogP contribution in [0, 0.1) is 19.8 Å². The molecule has 0 atom stereocenters. The van der Waals surface area contributed by atoms with Crippen LogP contribution in [0.25, 0.3) is 0 Å². The van der Waals surface area contributed by atoms with Crippen molar-refractivity contribution in [2.24, 2.45) is 5.92 Å². The Morgan fingerprint density at radius 2 is 2.07 bits per heavy atom. The van der Waals surface area contributed by atoms with Crippen LogP contribution in [0.4, 0.5) is 0 Å². The summed E-state index contributed by atoms with van der Waals surface area (Å²) < 4.78 is 0. The molecule has 0 aliphatic heterocycles. The van der Waals surface area contributed by atoms with Crippen LogP contribution in [0.3, 0.4) is 0 Å². The van der Waals surface area contributed by atoms with Crippen LogP contribution < -0.4 is 0 Å². The van der Waals surface area contributed by atoms with Gasteiger partial charge in [0.25, 0.3) is 0 Å². The number of ketones is 1. The normalized spacial score (nSPS) is 17.2. The first-order chi connectivity index (χ1) is 7.16. The maximum atomic E-state index is 12.0. The molecule has 0 bridgehead atoms. The third kappa shape index (κ3) is 2.49. The van der Waals surface area contributed by atoms with Crippen molar-refractivity contribution in [2.75, 3.05) is 0 Å². The molecule has 1 heterocycles. The number of hydrogen-bond donors (Lipinski definition) is 0. The summed E-state index contributed by atoms with van der Waals surface area (Å²) in [5, 5.41) is 0. The highest BCUT2D eigenvalue weighted by Crippen LogP contribution is 2.30. The summed E-state index contributed by atoms with van der Waals surface area (Å²) in [4.78, 5) is 14.2. The predicted octanol–water partition coefficient (Wildman–Crippen LogP) is 4.13. The molecule has 1 aromatic rings. The van der Waals surface area contributed by atoms with Gasteiger partial charge in [-0.3, -0.25) is 4.79 Å². The molecule has 82 valence electrons. The van der Waals surface area contributed by atoms with Gasteiger partial charge < -0.3 is 0 Å². The Balaban J connectivity index is 2.00. The first kappa shape index (κ1) is 10.9. The molecule has 1 aliphatic rings. The molecule has 2 rings (SSSR count). The van der Waals surface area contributed by atoms with Gasteiger partial charge in [0.2, 0.25) is 0 Å². The van der Waals surface area contributed by atoms with Crippen LogP contribution >= 0.6 is 11.3 Å². The Bertz CT molecular complexity index is 339. The molecular formula is C13H18OS. The average Bonchev–Trinajstić information content (AvgIpc) is 2.78. The van der Waals surface area contributed by atoms with Gasteiger partial charge in [0, 0.05) is 11.3 Å². The number of rotatable bonds is 3. The number of Topliss-reactive ketones (excluding diaryl/α,β-unsaturated/α-hetero) is 1. The maximum Gasteiger partial charge on any atom is 0.173 e. The Labute approximate surface area is 95.5 Å². The summed E-state index contributed by atoms with van der Waals surface area (Å²) >= 11 is 1.66. The fraction of sp³-hybridized carbons (Fsp3) is 0.615. The van der Waals surface area contributed by atoms with E-state index in [1.165, 1.54) is 36.1 Å². The van der Waals surface area contributed by atoms with E-state index in [2.05, 4.69) is 19.9 Å². The molecule has 1 aromatic heterocycles. The average molecular weight is 222 g/mol. The molecule has 0 spiro atoms. The van der Waals surface area contributed by atoms with Crippen LogP contribution in [0.15, 0.2) is 6.07 Å². The zero-order valence-electron chi connectivity index (χ0n) is 9.51. The number of thiophene rings is 1. The predicted molar refractivity (Wildman–Crippen MR) is 64.7 cm³/mol. The van der Waals surface area contributed by atoms with E-state index in [0.29, 0.717) is 11.7 Å². The quantitative estimate of drug-likeness (QED) is 0.703. The lowest BCUT2D eigenvalue weighted by Crippen LogP contribution is -2.03. The molecule has 1 fully saturated rings. The van der Waals surface area contributed by atoms with Crippen molar-refractivity contribution in [3.8, 4) is 0 Å². The maximum absolute atomic E-state index is 12.0. The van der Waals surface area contributed by atoms with Gasteiger partial charge in [-0.1, -0.05) is 25.7 Å². The molecule has 2 heteroatoms. The van der Waals surface area contributed by atoms with E-state index in [-0.39, 0.29) is 0 Å². The minimum absolute atomic E-state index is 0.364. The fourth-order valence-corrected chi connectivity index (χ4v) is 3.27. The second-order valence-electron chi connectivity index (χ2n) is 4.63. The molecule has 1 saturated carbocycles. The number of aryl methyl sites for hydroxylation is 2. The standard InChI is InChI=1S/C13H18OS/c1-9-7-13(15-10(9)2)12(14)8-11-5-3-4-6-11/h7,11H,3-6,8H2,1-2H3. The molecule has 0 aromatic carbocycles. The van der Waals surface area contributed by atoms with Crippen molar-refractivity contribution in [3.63, 3.8) is 0 Å². The highest BCUT2D eigenvalue weighted by atomic mass is 32.1. The van der Waals surface area contributed by atoms with E-state index in [1.807, 2.05) is 0 Å². The summed E-state index contributed by atoms with van der Waals surface area (Å²) in [6.07, 6.45) is 5.93. The van der Waals surface area contributed by atoms with E-state index < -0.39 is 0 Å². The molecule has 0 N–H and O–H groups in total. The van der Waals surface area contributed by atoms with Crippen LogP contribution in [0.1, 0.15) is 52.2 Å². The number of hydrogen-bond acceptors (Lipinski definition) is 2. The Morgan fingerprint density at radius 1 is 1.40 bits per heavy atom. The molecule has 1 aliphatic carbocycles. The minimum atomic E-state index is 0.364. The van der Waals surface area contributed by atoms with Crippen molar-refractivity contribution in [1.29, 1.82) is 0 Å². The molecular weight excluding hydrogens is 204 g/mol. The van der Waals surface area contributed by atoms with Crippen molar-refractivity contribution in [3.05, 3.63) is 21.4 Å². The van der Waals surface area contributed by atoms with Crippen LogP contribution in [0.5, 0.6) is 0 Å². The van der Waals surface area contributed by atoms with Gasteiger partial charge in [-0.2, -0.15) is 0 Å². The lowest BCUT2D eigenvalue weighted by molar-refractivity contribution is 0.0966. The molecule has 15 heavy (non-hydrogen) atoms. The molecule has 0 saturated heterocycles. The van der Waals surface area contributed by atoms with Crippen LogP contribution in [0.2, 0.25) is 0 Å². The largest absolute Gasteiger partial charge is 0.293 e. The topological polar surface area (TPSA) is 17.1 Å². The van der Waals surface area contributed by atoms with Crippen molar-refractivity contribution in [2.45, 2.75) is 46.0 Å². The third-order valence-electron chi connectivity index (χ3n) is 3.39. The smallest absolute Gasteiger partial charge is 0.173 e. The Morgan fingerprint density at radius 3 is 2.60 bits per heavy atom. The van der Waals surface area contributed by atoms with E-state index in [0.717, 1.165) is 11.3 Å². The number of carbonyl (C=O) groups is 1. The Kier molecular flexibility index (Phi) is 3.25. The van der Waals surface area contributed by atoms with Gasteiger partial charge in [0.15, 0.2) is 5.78 Å². The summed E-state index contributed by atoms with van der Waals surface area (Å²) in [5.41, 5.74) is 1.26. The number of carbonyl (C=O) groups excluding carboxylic acids is 1. The second kappa shape index (κ2) is 4.48. The second-order valence-corrected chi connectivity index (χ2v) is 5.88. The van der Waals surface area contributed by atoms with Crippen LogP contribution in [-0.4, -0.2) is 5.78 Å². The molecule has 0 amide bonds. The zero-order chi connectivity index (χ0) is 10.8.